The first-order valence-electron chi connectivity index (χ1n) is 3.21. The van der Waals surface area contributed by atoms with Crippen molar-refractivity contribution in [1.82, 2.24) is 0 Å². The molecule has 0 atom stereocenters. The van der Waals surface area contributed by atoms with E-state index in [0.717, 1.165) is 10.6 Å². The number of anilines is 1. The summed E-state index contributed by atoms with van der Waals surface area (Å²) in [6, 6.07) is 6.07. The van der Waals surface area contributed by atoms with Gasteiger partial charge in [-0.3, -0.25) is 0 Å². The first-order chi connectivity index (χ1) is 4.74. The zero-order chi connectivity index (χ0) is 7.56. The minimum Gasteiger partial charge on any atom is -0.388 e. The molecule has 1 nitrogen and oxygen atoms in total. The number of halogens is 1. The highest BCUT2D eigenvalue weighted by molar-refractivity contribution is 7.80. The fourth-order valence-corrected chi connectivity index (χ4v) is 0.950. The van der Waals surface area contributed by atoms with E-state index in [1.54, 1.807) is 0 Å². The summed E-state index contributed by atoms with van der Waals surface area (Å²) >= 11 is 4.26. The van der Waals surface area contributed by atoms with Crippen LogP contribution < -0.4 is 5.32 Å². The van der Waals surface area contributed by atoms with Gasteiger partial charge in [0, 0.05) is 17.6 Å². The van der Waals surface area contributed by atoms with Crippen LogP contribution in [0.3, 0.4) is 0 Å². The van der Waals surface area contributed by atoms with E-state index in [9.17, 15) is 0 Å². The summed E-state index contributed by atoms with van der Waals surface area (Å²) in [6.07, 6.45) is 0. The molecule has 0 aliphatic carbocycles. The predicted octanol–water partition coefficient (Wildman–Crippen LogP) is 2.75. The van der Waals surface area contributed by atoms with Crippen LogP contribution in [0.15, 0.2) is 23.1 Å². The molecular formula is C8H12ClNS. The number of nitrogens with one attached hydrogen (secondary N) is 1. The second kappa shape index (κ2) is 4.52. The lowest BCUT2D eigenvalue weighted by molar-refractivity contribution is 1.30. The van der Waals surface area contributed by atoms with E-state index >= 15 is 0 Å². The van der Waals surface area contributed by atoms with E-state index in [0.29, 0.717) is 0 Å². The Morgan fingerprint density at radius 2 is 2.00 bits per heavy atom. The fourth-order valence-electron chi connectivity index (χ4n) is 0.811. The molecule has 1 N–H and O–H groups in total. The second-order valence-corrected chi connectivity index (χ2v) is 2.73. The minimum absolute atomic E-state index is 0. The standard InChI is InChI=1S/C8H11NS.ClH/c1-6-5-7(9-2)3-4-8(6)10;/h3-5,9-10H,1-2H3;1H. The number of hydrogen-bond donors (Lipinski definition) is 2. The summed E-state index contributed by atoms with van der Waals surface area (Å²) in [5, 5.41) is 3.06. The lowest BCUT2D eigenvalue weighted by Gasteiger charge is -2.02. The molecule has 0 saturated heterocycles. The predicted molar refractivity (Wildman–Crippen MR) is 55.2 cm³/mol. The van der Waals surface area contributed by atoms with E-state index in [2.05, 4.69) is 24.0 Å². The monoisotopic (exact) mass is 189 g/mol. The van der Waals surface area contributed by atoms with Gasteiger partial charge in [0.05, 0.1) is 0 Å². The number of rotatable bonds is 1. The average Bonchev–Trinajstić information content (AvgIpc) is 1.95. The van der Waals surface area contributed by atoms with Crippen molar-refractivity contribution in [3.63, 3.8) is 0 Å². The van der Waals surface area contributed by atoms with Gasteiger partial charge in [0.2, 0.25) is 0 Å². The van der Waals surface area contributed by atoms with Crippen LogP contribution in [0.2, 0.25) is 0 Å². The molecule has 1 aromatic rings. The average molecular weight is 190 g/mol. The van der Waals surface area contributed by atoms with Crippen molar-refractivity contribution in [2.75, 3.05) is 12.4 Å². The van der Waals surface area contributed by atoms with Crippen LogP contribution in [0.5, 0.6) is 0 Å². The van der Waals surface area contributed by atoms with Crippen LogP contribution in [0.1, 0.15) is 5.56 Å². The highest BCUT2D eigenvalue weighted by atomic mass is 35.5. The second-order valence-electron chi connectivity index (χ2n) is 2.25. The van der Waals surface area contributed by atoms with Crippen LogP contribution >= 0.6 is 25.0 Å². The lowest BCUT2D eigenvalue weighted by atomic mass is 10.2. The molecule has 0 unspecified atom stereocenters. The van der Waals surface area contributed by atoms with Gasteiger partial charge < -0.3 is 5.32 Å². The van der Waals surface area contributed by atoms with Gasteiger partial charge in [0.15, 0.2) is 0 Å². The molecule has 1 aromatic carbocycles. The molecule has 0 bridgehead atoms. The summed E-state index contributed by atoms with van der Waals surface area (Å²) in [6.45, 7) is 2.04. The van der Waals surface area contributed by atoms with Crippen molar-refractivity contribution < 1.29 is 0 Å². The molecule has 0 amide bonds. The van der Waals surface area contributed by atoms with Crippen LogP contribution in [-0.2, 0) is 0 Å². The van der Waals surface area contributed by atoms with E-state index < -0.39 is 0 Å². The van der Waals surface area contributed by atoms with E-state index in [1.165, 1.54) is 5.56 Å². The van der Waals surface area contributed by atoms with Crippen molar-refractivity contribution in [2.45, 2.75) is 11.8 Å². The van der Waals surface area contributed by atoms with Gasteiger partial charge in [-0.25, -0.2) is 0 Å². The highest BCUT2D eigenvalue weighted by Gasteiger charge is 1.92. The van der Waals surface area contributed by atoms with Crippen molar-refractivity contribution in [2.24, 2.45) is 0 Å². The topological polar surface area (TPSA) is 12.0 Å². The quantitative estimate of drug-likeness (QED) is 0.648. The van der Waals surface area contributed by atoms with Crippen LogP contribution in [-0.4, -0.2) is 7.05 Å². The maximum absolute atomic E-state index is 4.26. The third-order valence-corrected chi connectivity index (χ3v) is 1.99. The molecule has 0 saturated carbocycles. The Hall–Kier alpha value is -0.340. The maximum atomic E-state index is 4.26. The van der Waals surface area contributed by atoms with Gasteiger partial charge in [0.25, 0.3) is 0 Å². The van der Waals surface area contributed by atoms with Gasteiger partial charge >= 0.3 is 0 Å². The van der Waals surface area contributed by atoms with Gasteiger partial charge in [-0.1, -0.05) is 0 Å². The Morgan fingerprint density at radius 3 is 2.45 bits per heavy atom. The van der Waals surface area contributed by atoms with Gasteiger partial charge in [-0.2, -0.15) is 0 Å². The minimum atomic E-state index is 0. The first-order valence-corrected chi connectivity index (χ1v) is 3.66. The van der Waals surface area contributed by atoms with Gasteiger partial charge in [-0.05, 0) is 30.7 Å². The molecule has 0 fully saturated rings. The molecule has 0 heterocycles. The number of thiol groups is 1. The largest absolute Gasteiger partial charge is 0.388 e. The van der Waals surface area contributed by atoms with Crippen LogP contribution in [0.4, 0.5) is 5.69 Å². The smallest absolute Gasteiger partial charge is 0.0341 e. The van der Waals surface area contributed by atoms with Gasteiger partial charge in [-0.15, -0.1) is 25.0 Å². The molecule has 0 spiro atoms. The van der Waals surface area contributed by atoms with Crippen LogP contribution in [0, 0.1) is 6.92 Å². The number of hydrogen-bond acceptors (Lipinski definition) is 2. The third-order valence-electron chi connectivity index (χ3n) is 1.49. The van der Waals surface area contributed by atoms with E-state index in [4.69, 9.17) is 0 Å². The zero-order valence-electron chi connectivity index (χ0n) is 6.59. The molecule has 0 aliphatic heterocycles. The highest BCUT2D eigenvalue weighted by Crippen LogP contribution is 2.16. The molecule has 1 rings (SSSR count). The molecule has 3 heteroatoms. The first kappa shape index (κ1) is 10.7. The van der Waals surface area contributed by atoms with E-state index in [-0.39, 0.29) is 12.4 Å². The molecular weight excluding hydrogens is 178 g/mol. The molecule has 0 aromatic heterocycles. The van der Waals surface area contributed by atoms with Crippen molar-refractivity contribution in [1.29, 1.82) is 0 Å². The Labute approximate surface area is 79.0 Å². The van der Waals surface area contributed by atoms with Gasteiger partial charge in [0.1, 0.15) is 0 Å². The zero-order valence-corrected chi connectivity index (χ0v) is 8.30. The normalized spacial score (nSPS) is 8.64. The number of aryl methyl sites for hydroxylation is 1. The molecule has 0 radical (unpaired) electrons. The summed E-state index contributed by atoms with van der Waals surface area (Å²) < 4.78 is 0. The Bertz CT molecular complexity index is 238. The SMILES string of the molecule is CNc1ccc(S)c(C)c1.Cl. The maximum Gasteiger partial charge on any atom is 0.0341 e. The summed E-state index contributed by atoms with van der Waals surface area (Å²) in [5.41, 5.74) is 2.34. The summed E-state index contributed by atoms with van der Waals surface area (Å²) in [4.78, 5) is 1.04. The fraction of sp³-hybridized carbons (Fsp3) is 0.250. The number of benzene rings is 1. The van der Waals surface area contributed by atoms with Crippen molar-refractivity contribution in [3.8, 4) is 0 Å². The Kier molecular flexibility index (Phi) is 4.38. The summed E-state index contributed by atoms with van der Waals surface area (Å²) in [5.74, 6) is 0. The molecule has 62 valence electrons. The molecule has 11 heavy (non-hydrogen) atoms. The lowest BCUT2D eigenvalue weighted by Crippen LogP contribution is -1.87. The molecule has 0 aliphatic rings. The third kappa shape index (κ3) is 2.64. The van der Waals surface area contributed by atoms with Crippen LogP contribution in [0.25, 0.3) is 0 Å². The summed E-state index contributed by atoms with van der Waals surface area (Å²) in [7, 11) is 1.91. The Balaban J connectivity index is 0.000001000. The van der Waals surface area contributed by atoms with Crippen molar-refractivity contribution >= 4 is 30.7 Å². The Morgan fingerprint density at radius 1 is 1.36 bits per heavy atom. The van der Waals surface area contributed by atoms with Crippen molar-refractivity contribution in [3.05, 3.63) is 23.8 Å². The van der Waals surface area contributed by atoms with E-state index in [1.807, 2.05) is 26.1 Å².